The normalized spacial score (nSPS) is 15.2. The number of para-hydroxylation sites is 2. The van der Waals surface area contributed by atoms with Gasteiger partial charge >= 0.3 is 0 Å². The molecule has 278 valence electrons. The number of hydrogen-bond acceptors (Lipinski definition) is 2. The van der Waals surface area contributed by atoms with E-state index < -0.39 is 0 Å². The van der Waals surface area contributed by atoms with Gasteiger partial charge in [-0.2, -0.15) is 0 Å². The maximum absolute atomic E-state index is 6.91. The fourth-order valence-electron chi connectivity index (χ4n) is 9.54. The number of anilines is 3. The van der Waals surface area contributed by atoms with E-state index in [-0.39, 0.29) is 12.0 Å². The third-order valence-corrected chi connectivity index (χ3v) is 12.3. The fourth-order valence-corrected chi connectivity index (χ4v) is 9.54. The van der Waals surface area contributed by atoms with Gasteiger partial charge in [-0.1, -0.05) is 152 Å². The number of ether oxygens (including phenoxy) is 1. The highest BCUT2D eigenvalue weighted by molar-refractivity contribution is 6.11. The van der Waals surface area contributed by atoms with E-state index in [1.165, 1.54) is 71.5 Å². The molecular formula is C56H38N2O. The molecule has 2 heterocycles. The van der Waals surface area contributed by atoms with Crippen LogP contribution in [0.5, 0.6) is 5.75 Å². The molecule has 59 heavy (non-hydrogen) atoms. The highest BCUT2D eigenvalue weighted by Crippen LogP contribution is 2.52. The summed E-state index contributed by atoms with van der Waals surface area (Å²) < 4.78 is 9.29. The van der Waals surface area contributed by atoms with Crippen LogP contribution in [0.2, 0.25) is 0 Å². The summed E-state index contributed by atoms with van der Waals surface area (Å²) in [4.78, 5) is 2.41. The van der Waals surface area contributed by atoms with Crippen molar-refractivity contribution in [1.29, 1.82) is 0 Å². The lowest BCUT2D eigenvalue weighted by molar-refractivity contribution is 0.223. The van der Waals surface area contributed by atoms with E-state index in [9.17, 15) is 0 Å². The average molecular weight is 755 g/mol. The Hall–Kier alpha value is -7.62. The molecular weight excluding hydrogens is 717 g/mol. The van der Waals surface area contributed by atoms with E-state index in [1.807, 2.05) is 0 Å². The summed E-state index contributed by atoms with van der Waals surface area (Å²) in [6.07, 6.45) is 4.52. The SMILES string of the molecule is C1=CC2c3ccc(N(c4ccc(-c5ccccc5)c(-c5ccc6ccccc6c5)c4)c4ccc5c(c4)c4ccccc4n5-c4ccccc4)cc3OC2c2ccccc21. The zero-order valence-electron chi connectivity index (χ0n) is 32.2. The highest BCUT2D eigenvalue weighted by Gasteiger charge is 2.37. The molecule has 0 spiro atoms. The summed E-state index contributed by atoms with van der Waals surface area (Å²) in [6.45, 7) is 0. The molecule has 1 aromatic heterocycles. The monoisotopic (exact) mass is 754 g/mol. The lowest BCUT2D eigenvalue weighted by Gasteiger charge is -2.27. The van der Waals surface area contributed by atoms with Crippen LogP contribution in [0.15, 0.2) is 212 Å². The number of hydrogen-bond donors (Lipinski definition) is 0. The van der Waals surface area contributed by atoms with E-state index >= 15 is 0 Å². The third-order valence-electron chi connectivity index (χ3n) is 12.3. The van der Waals surface area contributed by atoms with Crippen molar-refractivity contribution in [1.82, 2.24) is 4.57 Å². The van der Waals surface area contributed by atoms with Crippen LogP contribution in [0.25, 0.3) is 66.6 Å². The van der Waals surface area contributed by atoms with Crippen molar-refractivity contribution in [3.05, 3.63) is 229 Å². The minimum Gasteiger partial charge on any atom is -0.484 e. The molecule has 9 aromatic carbocycles. The van der Waals surface area contributed by atoms with Gasteiger partial charge in [0.2, 0.25) is 0 Å². The third kappa shape index (κ3) is 5.50. The van der Waals surface area contributed by atoms with Crippen molar-refractivity contribution in [2.45, 2.75) is 12.0 Å². The van der Waals surface area contributed by atoms with Crippen LogP contribution in [0, 0.1) is 0 Å². The molecule has 12 rings (SSSR count). The van der Waals surface area contributed by atoms with Gasteiger partial charge in [-0.25, -0.2) is 0 Å². The van der Waals surface area contributed by atoms with Crippen molar-refractivity contribution in [2.75, 3.05) is 4.90 Å². The number of rotatable bonds is 6. The van der Waals surface area contributed by atoms with Crippen molar-refractivity contribution in [3.8, 4) is 33.7 Å². The van der Waals surface area contributed by atoms with E-state index in [1.54, 1.807) is 0 Å². The molecule has 0 N–H and O–H groups in total. The second-order valence-electron chi connectivity index (χ2n) is 15.7. The van der Waals surface area contributed by atoms with Crippen LogP contribution in [0.4, 0.5) is 17.1 Å². The van der Waals surface area contributed by atoms with Gasteiger partial charge in [-0.05, 0) is 99.3 Å². The first-order chi connectivity index (χ1) is 29.2. The van der Waals surface area contributed by atoms with E-state index in [2.05, 4.69) is 228 Å². The van der Waals surface area contributed by atoms with E-state index in [4.69, 9.17) is 4.74 Å². The number of benzene rings is 9. The Kier molecular flexibility index (Phi) is 7.67. The Labute approximate surface area is 343 Å². The van der Waals surface area contributed by atoms with Gasteiger partial charge in [0.05, 0.1) is 11.0 Å². The van der Waals surface area contributed by atoms with Crippen LogP contribution >= 0.6 is 0 Å². The topological polar surface area (TPSA) is 17.4 Å². The Morgan fingerprint density at radius 2 is 1.14 bits per heavy atom. The van der Waals surface area contributed by atoms with Crippen molar-refractivity contribution >= 4 is 55.7 Å². The predicted molar refractivity (Wildman–Crippen MR) is 245 cm³/mol. The number of fused-ring (bicyclic) bond motifs is 9. The molecule has 3 nitrogen and oxygen atoms in total. The summed E-state index contributed by atoms with van der Waals surface area (Å²) in [7, 11) is 0. The van der Waals surface area contributed by atoms with Crippen LogP contribution < -0.4 is 9.64 Å². The second kappa shape index (κ2) is 13.5. The molecule has 0 bridgehead atoms. The molecule has 0 saturated heterocycles. The first-order valence-corrected chi connectivity index (χ1v) is 20.4. The summed E-state index contributed by atoms with van der Waals surface area (Å²) in [5, 5.41) is 4.87. The van der Waals surface area contributed by atoms with Crippen LogP contribution in [0.3, 0.4) is 0 Å². The Bertz CT molecular complexity index is 3270. The number of aromatic nitrogens is 1. The zero-order chi connectivity index (χ0) is 38.9. The smallest absolute Gasteiger partial charge is 0.135 e. The van der Waals surface area contributed by atoms with Gasteiger partial charge in [0.25, 0.3) is 0 Å². The molecule has 2 atom stereocenters. The highest BCUT2D eigenvalue weighted by atomic mass is 16.5. The van der Waals surface area contributed by atoms with Gasteiger partial charge in [0.1, 0.15) is 11.9 Å². The first-order valence-electron chi connectivity index (χ1n) is 20.4. The van der Waals surface area contributed by atoms with Gasteiger partial charge in [-0.3, -0.25) is 0 Å². The molecule has 0 saturated carbocycles. The molecule has 3 heteroatoms. The van der Waals surface area contributed by atoms with Crippen LogP contribution in [0.1, 0.15) is 28.7 Å². The van der Waals surface area contributed by atoms with Crippen molar-refractivity contribution < 1.29 is 4.74 Å². The van der Waals surface area contributed by atoms with Gasteiger partial charge in [-0.15, -0.1) is 0 Å². The summed E-state index contributed by atoms with van der Waals surface area (Å²) in [5.74, 6) is 1.11. The maximum Gasteiger partial charge on any atom is 0.135 e. The summed E-state index contributed by atoms with van der Waals surface area (Å²) in [6, 6.07) is 74.9. The quantitative estimate of drug-likeness (QED) is 0.168. The van der Waals surface area contributed by atoms with Crippen LogP contribution in [-0.4, -0.2) is 4.57 Å². The standard InChI is InChI=1S/C56H38N2O/c1-3-14-38(15-4-1)46-30-26-43(34-51(46)41-24-23-37-13-7-8-17-40(37)33-41)57(45-27-31-49-50-29-25-39-16-9-10-20-47(39)56(50)59-55(49)36-45)44-28-32-54-52(35-44)48-21-11-12-22-53(48)58(54)42-18-5-2-6-19-42/h1-36,50,56H. The largest absolute Gasteiger partial charge is 0.484 e. The molecule has 0 amide bonds. The molecule has 1 aliphatic carbocycles. The number of nitrogens with zero attached hydrogens (tertiary/aromatic N) is 2. The Balaban J connectivity index is 1.07. The van der Waals surface area contributed by atoms with Crippen molar-refractivity contribution in [3.63, 3.8) is 0 Å². The van der Waals surface area contributed by atoms with Crippen molar-refractivity contribution in [2.24, 2.45) is 0 Å². The predicted octanol–water partition coefficient (Wildman–Crippen LogP) is 15.0. The van der Waals surface area contributed by atoms with Gasteiger partial charge in [0.15, 0.2) is 0 Å². The maximum atomic E-state index is 6.91. The lowest BCUT2D eigenvalue weighted by atomic mass is 9.84. The Morgan fingerprint density at radius 1 is 0.441 bits per heavy atom. The van der Waals surface area contributed by atoms with Gasteiger partial charge < -0.3 is 14.2 Å². The fraction of sp³-hybridized carbons (Fsp3) is 0.0357. The van der Waals surface area contributed by atoms with Crippen LogP contribution in [-0.2, 0) is 0 Å². The van der Waals surface area contributed by atoms with E-state index in [0.717, 1.165) is 28.5 Å². The zero-order valence-corrected chi connectivity index (χ0v) is 32.2. The molecule has 2 aliphatic rings. The summed E-state index contributed by atoms with van der Waals surface area (Å²) >= 11 is 0. The van der Waals surface area contributed by atoms with E-state index in [0.29, 0.717) is 0 Å². The lowest BCUT2D eigenvalue weighted by Crippen LogP contribution is -2.12. The molecule has 0 radical (unpaired) electrons. The molecule has 0 fully saturated rings. The molecule has 1 aliphatic heterocycles. The van der Waals surface area contributed by atoms with Gasteiger partial charge in [0, 0.05) is 56.6 Å². The minimum absolute atomic E-state index is 0.0416. The second-order valence-corrected chi connectivity index (χ2v) is 15.7. The Morgan fingerprint density at radius 3 is 2.03 bits per heavy atom. The molecule has 2 unspecified atom stereocenters. The first kappa shape index (κ1) is 33.5. The average Bonchev–Trinajstić information content (AvgIpc) is 3.85. The summed E-state index contributed by atoms with van der Waals surface area (Å²) in [5.41, 5.74) is 15.1. The minimum atomic E-state index is -0.0416. The molecule has 10 aromatic rings.